The van der Waals surface area contributed by atoms with E-state index in [0.717, 1.165) is 28.4 Å². The molecule has 6 heteroatoms. The van der Waals surface area contributed by atoms with Gasteiger partial charge in [0.2, 0.25) is 0 Å². The highest BCUT2D eigenvalue weighted by Crippen LogP contribution is 2.35. The zero-order valence-corrected chi connectivity index (χ0v) is 12.4. The summed E-state index contributed by atoms with van der Waals surface area (Å²) in [6, 6.07) is 13.5. The summed E-state index contributed by atoms with van der Waals surface area (Å²) in [5.74, 6) is 2.94. The van der Waals surface area contributed by atoms with Gasteiger partial charge in [-0.3, -0.25) is 5.10 Å². The first-order valence-electron chi connectivity index (χ1n) is 7.37. The smallest absolute Gasteiger partial charge is 0.167 e. The molecule has 23 heavy (non-hydrogen) atoms. The topological polar surface area (TPSA) is 69.3 Å². The summed E-state index contributed by atoms with van der Waals surface area (Å²) in [4.78, 5) is 4.18. The first-order valence-corrected chi connectivity index (χ1v) is 7.37. The van der Waals surface area contributed by atoms with Crippen LogP contribution >= 0.6 is 0 Å². The Kier molecular flexibility index (Phi) is 3.56. The number of rotatable bonds is 4. The number of para-hydroxylation sites is 2. The first kappa shape index (κ1) is 13.6. The van der Waals surface area contributed by atoms with E-state index in [9.17, 15) is 0 Å². The van der Waals surface area contributed by atoms with Crippen LogP contribution in [-0.2, 0) is 6.61 Å². The van der Waals surface area contributed by atoms with Crippen LogP contribution in [0.3, 0.4) is 0 Å². The Balaban J connectivity index is 1.59. The molecule has 2 aromatic carbocycles. The van der Waals surface area contributed by atoms with Crippen LogP contribution in [0.2, 0.25) is 0 Å². The van der Waals surface area contributed by atoms with Crippen LogP contribution in [0, 0.1) is 0 Å². The number of hydrogen-bond acceptors (Lipinski definition) is 5. The predicted molar refractivity (Wildman–Crippen MR) is 83.6 cm³/mol. The van der Waals surface area contributed by atoms with Gasteiger partial charge < -0.3 is 14.2 Å². The number of aromatic amines is 1. The molecule has 1 aromatic heterocycles. The van der Waals surface area contributed by atoms with E-state index >= 15 is 0 Å². The van der Waals surface area contributed by atoms with Crippen molar-refractivity contribution in [3.63, 3.8) is 0 Å². The molecule has 2 heterocycles. The zero-order valence-electron chi connectivity index (χ0n) is 12.4. The Hall–Kier alpha value is -3.02. The fourth-order valence-electron chi connectivity index (χ4n) is 2.53. The van der Waals surface area contributed by atoms with Gasteiger partial charge in [0, 0.05) is 5.56 Å². The van der Waals surface area contributed by atoms with Gasteiger partial charge in [-0.15, -0.1) is 0 Å². The minimum absolute atomic E-state index is 0.387. The Morgan fingerprint density at radius 1 is 1.04 bits per heavy atom. The van der Waals surface area contributed by atoms with Crippen molar-refractivity contribution in [3.8, 4) is 28.6 Å². The molecule has 0 amide bonds. The van der Waals surface area contributed by atoms with Crippen molar-refractivity contribution >= 4 is 0 Å². The fraction of sp³-hybridized carbons (Fsp3) is 0.176. The van der Waals surface area contributed by atoms with E-state index < -0.39 is 0 Å². The average molecular weight is 309 g/mol. The molecule has 0 bridgehead atoms. The van der Waals surface area contributed by atoms with Crippen molar-refractivity contribution in [1.82, 2.24) is 15.2 Å². The lowest BCUT2D eigenvalue weighted by molar-refractivity contribution is 0.166. The molecule has 4 rings (SSSR count). The molecule has 0 atom stereocenters. The lowest BCUT2D eigenvalue weighted by atomic mass is 10.1. The molecule has 0 fully saturated rings. The van der Waals surface area contributed by atoms with Gasteiger partial charge in [0.25, 0.3) is 0 Å². The van der Waals surface area contributed by atoms with Gasteiger partial charge in [0.05, 0.1) is 5.56 Å². The van der Waals surface area contributed by atoms with E-state index in [1.807, 2.05) is 42.5 Å². The molecule has 0 radical (unpaired) electrons. The van der Waals surface area contributed by atoms with Gasteiger partial charge in [0.15, 0.2) is 17.3 Å². The molecule has 0 unspecified atom stereocenters. The predicted octanol–water partition coefficient (Wildman–Crippen LogP) is 2.82. The van der Waals surface area contributed by atoms with Gasteiger partial charge in [-0.05, 0) is 18.2 Å². The molecule has 6 nitrogen and oxygen atoms in total. The molecule has 1 aliphatic heterocycles. The van der Waals surface area contributed by atoms with Crippen LogP contribution in [0.1, 0.15) is 5.56 Å². The summed E-state index contributed by atoms with van der Waals surface area (Å²) in [6.07, 6.45) is 1.48. The van der Waals surface area contributed by atoms with Crippen LogP contribution in [0.15, 0.2) is 48.8 Å². The number of aromatic nitrogens is 3. The molecule has 0 aliphatic carbocycles. The summed E-state index contributed by atoms with van der Waals surface area (Å²) in [7, 11) is 0. The lowest BCUT2D eigenvalue weighted by Gasteiger charge is -2.21. The highest BCUT2D eigenvalue weighted by atomic mass is 16.6. The molecule has 1 N–H and O–H groups in total. The molecule has 116 valence electrons. The normalized spacial score (nSPS) is 12.9. The number of fused-ring (bicyclic) bond motifs is 1. The lowest BCUT2D eigenvalue weighted by Crippen LogP contribution is -2.17. The largest absolute Gasteiger partial charge is 0.488 e. The summed E-state index contributed by atoms with van der Waals surface area (Å²) in [6.45, 7) is 1.52. The average Bonchev–Trinajstić information content (AvgIpc) is 3.14. The highest BCUT2D eigenvalue weighted by Gasteiger charge is 2.16. The van der Waals surface area contributed by atoms with Gasteiger partial charge >= 0.3 is 0 Å². The number of nitrogens with one attached hydrogen (secondary N) is 1. The van der Waals surface area contributed by atoms with Crippen LogP contribution in [0.25, 0.3) is 11.4 Å². The van der Waals surface area contributed by atoms with Crippen molar-refractivity contribution in [2.45, 2.75) is 6.61 Å². The monoisotopic (exact) mass is 309 g/mol. The quantitative estimate of drug-likeness (QED) is 0.802. The van der Waals surface area contributed by atoms with Crippen molar-refractivity contribution in [2.75, 3.05) is 13.2 Å². The minimum Gasteiger partial charge on any atom is -0.488 e. The summed E-state index contributed by atoms with van der Waals surface area (Å²) in [5, 5.41) is 6.74. The number of nitrogens with zero attached hydrogens (tertiary/aromatic N) is 2. The van der Waals surface area contributed by atoms with E-state index in [0.29, 0.717) is 25.6 Å². The fourth-order valence-corrected chi connectivity index (χ4v) is 2.53. The van der Waals surface area contributed by atoms with Crippen LogP contribution in [-0.4, -0.2) is 28.4 Å². The third-order valence-electron chi connectivity index (χ3n) is 3.59. The maximum absolute atomic E-state index is 5.99. The second kappa shape index (κ2) is 6.00. The second-order valence-electron chi connectivity index (χ2n) is 5.06. The maximum Gasteiger partial charge on any atom is 0.167 e. The van der Waals surface area contributed by atoms with Crippen LogP contribution in [0.4, 0.5) is 0 Å². The van der Waals surface area contributed by atoms with Gasteiger partial charge in [-0.2, -0.15) is 5.10 Å². The molecular formula is C17H15N3O3. The Morgan fingerprint density at radius 3 is 2.87 bits per heavy atom. The van der Waals surface area contributed by atoms with E-state index in [4.69, 9.17) is 14.2 Å². The first-order chi connectivity index (χ1) is 11.4. The number of ether oxygens (including phenoxy) is 3. The molecule has 1 aliphatic rings. The molecule has 0 spiro atoms. The molecule has 0 saturated carbocycles. The summed E-state index contributed by atoms with van der Waals surface area (Å²) in [5.41, 5.74) is 1.82. The Bertz CT molecular complexity index is 803. The third-order valence-corrected chi connectivity index (χ3v) is 3.59. The third kappa shape index (κ3) is 2.70. The molecule has 3 aromatic rings. The van der Waals surface area contributed by atoms with Gasteiger partial charge in [-0.25, -0.2) is 4.98 Å². The van der Waals surface area contributed by atoms with Crippen LogP contribution in [0.5, 0.6) is 17.2 Å². The van der Waals surface area contributed by atoms with Crippen molar-refractivity contribution in [1.29, 1.82) is 0 Å². The summed E-state index contributed by atoms with van der Waals surface area (Å²) >= 11 is 0. The van der Waals surface area contributed by atoms with Gasteiger partial charge in [-0.1, -0.05) is 24.3 Å². The van der Waals surface area contributed by atoms with E-state index in [-0.39, 0.29) is 0 Å². The molecule has 0 saturated heterocycles. The SMILES string of the molecule is c1ccc(-c2ncn[nH]2)c(OCc2cccc3c2OCCO3)c1. The standard InChI is InChI=1S/C17H15N3O3/c1-2-6-14(13(5-1)17-18-11-19-20-17)23-10-12-4-3-7-15-16(12)22-9-8-21-15/h1-7,11H,8-10H2,(H,18,19,20). The van der Waals surface area contributed by atoms with Crippen molar-refractivity contribution in [3.05, 3.63) is 54.4 Å². The minimum atomic E-state index is 0.387. The number of H-pyrrole nitrogens is 1. The van der Waals surface area contributed by atoms with Crippen molar-refractivity contribution < 1.29 is 14.2 Å². The van der Waals surface area contributed by atoms with Crippen LogP contribution < -0.4 is 14.2 Å². The van der Waals surface area contributed by atoms with Crippen molar-refractivity contribution in [2.24, 2.45) is 0 Å². The van der Waals surface area contributed by atoms with E-state index in [2.05, 4.69) is 15.2 Å². The highest BCUT2D eigenvalue weighted by molar-refractivity contribution is 5.63. The summed E-state index contributed by atoms with van der Waals surface area (Å²) < 4.78 is 17.3. The van der Waals surface area contributed by atoms with E-state index in [1.54, 1.807) is 0 Å². The Labute approximate surface area is 133 Å². The zero-order chi connectivity index (χ0) is 15.5. The number of benzene rings is 2. The number of hydrogen-bond donors (Lipinski definition) is 1. The Morgan fingerprint density at radius 2 is 1.96 bits per heavy atom. The maximum atomic E-state index is 5.99. The van der Waals surface area contributed by atoms with Gasteiger partial charge in [0.1, 0.15) is 31.9 Å². The van der Waals surface area contributed by atoms with E-state index in [1.165, 1.54) is 6.33 Å². The molecular weight excluding hydrogens is 294 g/mol. The second-order valence-corrected chi connectivity index (χ2v) is 5.06.